The first-order valence-electron chi connectivity index (χ1n) is 15.1. The summed E-state index contributed by atoms with van der Waals surface area (Å²) in [5.41, 5.74) is 2.96. The fourth-order valence-corrected chi connectivity index (χ4v) is 6.89. The van der Waals surface area contributed by atoms with E-state index in [4.69, 9.17) is 14.5 Å². The Morgan fingerprint density at radius 3 is 2.57 bits per heavy atom. The van der Waals surface area contributed by atoms with Gasteiger partial charge in [-0.3, -0.25) is 19.5 Å². The molecule has 0 spiro atoms. The van der Waals surface area contributed by atoms with Crippen molar-refractivity contribution in [3.05, 3.63) is 125 Å². The smallest absolute Gasteiger partial charge is 0.338 e. The Morgan fingerprint density at radius 1 is 1.11 bits per heavy atom. The molecule has 4 aromatic rings. The van der Waals surface area contributed by atoms with Gasteiger partial charge in [0.1, 0.15) is 5.75 Å². The van der Waals surface area contributed by atoms with E-state index >= 15 is 0 Å². The zero-order valence-electron chi connectivity index (χ0n) is 25.8. The summed E-state index contributed by atoms with van der Waals surface area (Å²) in [5.74, 6) is -0.0123. The lowest BCUT2D eigenvalue weighted by Gasteiger charge is -2.32. The molecule has 1 N–H and O–H groups in total. The van der Waals surface area contributed by atoms with Gasteiger partial charge in [0.2, 0.25) is 0 Å². The van der Waals surface area contributed by atoms with Gasteiger partial charge in [-0.05, 0) is 36.8 Å². The zero-order valence-corrected chi connectivity index (χ0v) is 26.6. The van der Waals surface area contributed by atoms with Crippen LogP contribution in [-0.4, -0.2) is 62.4 Å². The lowest BCUT2D eigenvalue weighted by atomic mass is 9.93. The molecule has 1 aromatic heterocycles. The quantitative estimate of drug-likeness (QED) is 0.178. The molecule has 0 radical (unpaired) electrons. The molecule has 1 fully saturated rings. The number of ether oxygens (including phenoxy) is 2. The van der Waals surface area contributed by atoms with E-state index in [1.54, 1.807) is 38.3 Å². The van der Waals surface area contributed by atoms with E-state index in [0.717, 1.165) is 31.9 Å². The number of aromatic nitrogens is 1. The van der Waals surface area contributed by atoms with Crippen molar-refractivity contribution < 1.29 is 24.1 Å². The highest BCUT2D eigenvalue weighted by Crippen LogP contribution is 2.36. The van der Waals surface area contributed by atoms with Gasteiger partial charge >= 0.3 is 5.97 Å². The molecular formula is C34H34N5O6S+. The number of thiazole rings is 1. The van der Waals surface area contributed by atoms with Gasteiger partial charge in [0.25, 0.3) is 11.2 Å². The van der Waals surface area contributed by atoms with Crippen LogP contribution in [0.3, 0.4) is 0 Å². The first-order valence-corrected chi connectivity index (χ1v) is 15.9. The topological polar surface area (TPSA) is 121 Å². The van der Waals surface area contributed by atoms with Crippen LogP contribution in [0.4, 0.5) is 11.4 Å². The molecule has 2 aliphatic heterocycles. The summed E-state index contributed by atoms with van der Waals surface area (Å²) in [4.78, 5) is 48.4. The normalized spacial score (nSPS) is 17.0. The highest BCUT2D eigenvalue weighted by molar-refractivity contribution is 7.07. The van der Waals surface area contributed by atoms with Crippen LogP contribution in [-0.2, 0) is 9.53 Å². The first kappa shape index (κ1) is 30.9. The Morgan fingerprint density at radius 2 is 1.87 bits per heavy atom. The number of nitro groups is 1. The Balaban J connectivity index is 1.61. The number of nitrogens with one attached hydrogen (secondary N) is 1. The van der Waals surface area contributed by atoms with Crippen molar-refractivity contribution in [1.29, 1.82) is 0 Å². The average Bonchev–Trinajstić information content (AvgIpc) is 3.38. The number of benzene rings is 3. The van der Waals surface area contributed by atoms with Gasteiger partial charge in [0.05, 0.1) is 73.7 Å². The number of fused-ring (bicyclic) bond motifs is 1. The van der Waals surface area contributed by atoms with E-state index in [1.165, 1.54) is 32.9 Å². The van der Waals surface area contributed by atoms with Crippen molar-refractivity contribution in [2.75, 3.05) is 51.8 Å². The van der Waals surface area contributed by atoms with E-state index in [9.17, 15) is 19.7 Å². The number of esters is 1. The molecule has 0 amide bonds. The van der Waals surface area contributed by atoms with Crippen LogP contribution in [0.15, 0.2) is 88.2 Å². The van der Waals surface area contributed by atoms with Crippen molar-refractivity contribution >= 4 is 40.5 Å². The lowest BCUT2D eigenvalue weighted by molar-refractivity contribution is -0.880. The summed E-state index contributed by atoms with van der Waals surface area (Å²) in [5, 5.41) is 11.8. The molecule has 3 heterocycles. The molecule has 0 unspecified atom stereocenters. The summed E-state index contributed by atoms with van der Waals surface area (Å²) in [7, 11) is 3.70. The summed E-state index contributed by atoms with van der Waals surface area (Å²) < 4.78 is 12.9. The van der Waals surface area contributed by atoms with Gasteiger partial charge in [-0.2, -0.15) is 0 Å². The molecule has 2 aliphatic rings. The molecule has 46 heavy (non-hydrogen) atoms. The third kappa shape index (κ3) is 5.96. The molecule has 11 nitrogen and oxygen atoms in total. The predicted molar refractivity (Wildman–Crippen MR) is 176 cm³/mol. The summed E-state index contributed by atoms with van der Waals surface area (Å²) in [6.45, 7) is 5.30. The van der Waals surface area contributed by atoms with Gasteiger partial charge in [0.15, 0.2) is 4.80 Å². The highest BCUT2D eigenvalue weighted by atomic mass is 32.1. The third-order valence-corrected chi connectivity index (χ3v) is 9.23. The minimum Gasteiger partial charge on any atom is -0.497 e. The largest absolute Gasteiger partial charge is 0.497 e. The zero-order chi connectivity index (χ0) is 32.4. The summed E-state index contributed by atoms with van der Waals surface area (Å²) in [6, 6.07) is 20.5. The highest BCUT2D eigenvalue weighted by Gasteiger charge is 2.35. The van der Waals surface area contributed by atoms with Gasteiger partial charge < -0.3 is 19.3 Å². The average molecular weight is 641 g/mol. The van der Waals surface area contributed by atoms with E-state index in [2.05, 4.69) is 11.9 Å². The molecule has 12 heteroatoms. The number of nitrogens with zero attached hydrogens (tertiary/aromatic N) is 4. The van der Waals surface area contributed by atoms with Crippen molar-refractivity contribution in [3.8, 4) is 5.75 Å². The van der Waals surface area contributed by atoms with Crippen molar-refractivity contribution in [3.63, 3.8) is 0 Å². The molecule has 1 atom stereocenters. The number of non-ortho nitro benzene ring substituents is 1. The standard InChI is InChI=1S/C34H33N5O6S/c1-4-45-33(41)29-30(22-9-6-5-7-10-22)35-34-38(31(29)23-11-8-12-26(20-23)44-3)32(40)28(46-34)21-24-19-25(39(42)43)13-14-27(24)37-17-15-36(2)16-18-37/h5-14,19-21,31H,4,15-18H2,1-3H3/p+1/b28-21+/t31-/m0/s1. The number of anilines is 1. The van der Waals surface area contributed by atoms with Crippen molar-refractivity contribution in [2.24, 2.45) is 4.99 Å². The Labute approximate surface area is 269 Å². The van der Waals surface area contributed by atoms with Crippen LogP contribution in [0.1, 0.15) is 29.7 Å². The number of methoxy groups -OCH3 is 1. The van der Waals surface area contributed by atoms with E-state index in [1.807, 2.05) is 42.5 Å². The maximum Gasteiger partial charge on any atom is 0.338 e. The van der Waals surface area contributed by atoms with Crippen LogP contribution < -0.4 is 29.4 Å². The second kappa shape index (κ2) is 13.1. The molecule has 0 saturated carbocycles. The SMILES string of the molecule is CCOC(=O)C1=C(c2ccccc2)N=c2s/c(=C/c3cc([N+](=O)[O-])ccc3N3CC[NH+](C)CC3)c(=O)n2[C@H]1c1cccc(OC)c1. The van der Waals surface area contributed by atoms with Gasteiger partial charge in [-0.25, -0.2) is 9.79 Å². The fourth-order valence-electron chi connectivity index (χ4n) is 5.90. The van der Waals surface area contributed by atoms with E-state index in [0.29, 0.717) is 37.5 Å². The number of piperazine rings is 1. The molecule has 0 aliphatic carbocycles. The van der Waals surface area contributed by atoms with Crippen LogP contribution in [0, 0.1) is 10.1 Å². The monoisotopic (exact) mass is 640 g/mol. The Bertz CT molecular complexity index is 2010. The molecular weight excluding hydrogens is 606 g/mol. The molecule has 3 aromatic carbocycles. The molecule has 1 saturated heterocycles. The van der Waals surface area contributed by atoms with Crippen LogP contribution in [0.2, 0.25) is 0 Å². The van der Waals surface area contributed by atoms with Gasteiger partial charge in [-0.1, -0.05) is 53.8 Å². The second-order valence-electron chi connectivity index (χ2n) is 11.2. The molecule has 0 bridgehead atoms. The van der Waals surface area contributed by atoms with Crippen molar-refractivity contribution in [2.45, 2.75) is 13.0 Å². The molecule has 6 rings (SSSR count). The maximum atomic E-state index is 14.4. The van der Waals surface area contributed by atoms with Gasteiger partial charge in [-0.15, -0.1) is 0 Å². The number of rotatable bonds is 8. The van der Waals surface area contributed by atoms with E-state index in [-0.39, 0.29) is 23.4 Å². The Hall–Kier alpha value is -5.07. The van der Waals surface area contributed by atoms with Crippen molar-refractivity contribution in [1.82, 2.24) is 4.57 Å². The maximum absolute atomic E-state index is 14.4. The number of nitro benzene ring substituents is 1. The van der Waals surface area contributed by atoms with Crippen LogP contribution in [0.25, 0.3) is 11.8 Å². The van der Waals surface area contributed by atoms with Crippen LogP contribution >= 0.6 is 11.3 Å². The second-order valence-corrected chi connectivity index (χ2v) is 12.2. The number of likely N-dealkylation sites (N-methyl/N-ethyl adjacent to an activating group) is 1. The number of quaternary nitrogens is 1. The lowest BCUT2D eigenvalue weighted by Crippen LogP contribution is -3.12. The number of hydrogen-bond donors (Lipinski definition) is 1. The fraction of sp³-hybridized carbons (Fsp3) is 0.265. The van der Waals surface area contributed by atoms with Gasteiger partial charge in [0, 0.05) is 28.9 Å². The number of hydrogen-bond acceptors (Lipinski definition) is 9. The third-order valence-electron chi connectivity index (χ3n) is 8.25. The number of carbonyl (C=O) groups is 1. The summed E-state index contributed by atoms with van der Waals surface area (Å²) in [6.07, 6.45) is 1.70. The van der Waals surface area contributed by atoms with Crippen LogP contribution in [0.5, 0.6) is 5.75 Å². The Kier molecular flexibility index (Phi) is 8.82. The summed E-state index contributed by atoms with van der Waals surface area (Å²) >= 11 is 1.18. The minimum atomic E-state index is -0.868. The van der Waals surface area contributed by atoms with E-state index < -0.39 is 16.9 Å². The minimum absolute atomic E-state index is 0.0623. The first-order chi connectivity index (χ1) is 22.3. The molecule has 236 valence electrons. The predicted octanol–water partition coefficient (Wildman–Crippen LogP) is 2.19. The number of carbonyl (C=O) groups excluding carboxylic acids is 1.